The third-order valence-electron chi connectivity index (χ3n) is 7.44. The lowest BCUT2D eigenvalue weighted by molar-refractivity contribution is -0.138. The average molecular weight is 555 g/mol. The van der Waals surface area contributed by atoms with E-state index in [0.717, 1.165) is 27.6 Å². The van der Waals surface area contributed by atoms with Crippen molar-refractivity contribution in [1.29, 1.82) is 0 Å². The van der Waals surface area contributed by atoms with Crippen LogP contribution >= 0.6 is 0 Å². The normalized spacial score (nSPS) is 12.1. The minimum Gasteiger partial charge on any atom is -0.348 e. The van der Waals surface area contributed by atoms with Crippen LogP contribution in [0.5, 0.6) is 0 Å². The standard InChI is InChI=1S/C35H33F3N2O/c1-23-5-8-29(31(19-23)35(36,37)38)22-40-18-17-27-20-28(13-16-32(27)40)33(41)39-21-24-6-9-25(10-7-24)26-11-14-30(15-12-26)34(2,3)4/h5-20H,21-22H2,1-4H3,(H,39,41). The molecule has 0 aliphatic rings. The number of hydrogen-bond acceptors (Lipinski definition) is 1. The van der Waals surface area contributed by atoms with Gasteiger partial charge in [0, 0.05) is 35.8 Å². The molecule has 0 aliphatic heterocycles. The van der Waals surface area contributed by atoms with Gasteiger partial charge in [0.25, 0.3) is 5.91 Å². The van der Waals surface area contributed by atoms with Gasteiger partial charge in [0.15, 0.2) is 0 Å². The van der Waals surface area contributed by atoms with E-state index in [9.17, 15) is 18.0 Å². The smallest absolute Gasteiger partial charge is 0.348 e. The van der Waals surface area contributed by atoms with Crippen LogP contribution in [-0.2, 0) is 24.7 Å². The highest BCUT2D eigenvalue weighted by molar-refractivity contribution is 5.98. The highest BCUT2D eigenvalue weighted by Gasteiger charge is 2.33. The van der Waals surface area contributed by atoms with E-state index >= 15 is 0 Å². The fourth-order valence-electron chi connectivity index (χ4n) is 5.02. The first-order chi connectivity index (χ1) is 19.4. The summed E-state index contributed by atoms with van der Waals surface area (Å²) in [6, 6.07) is 28.2. The molecular formula is C35H33F3N2O. The molecule has 1 amide bonds. The number of hydrogen-bond donors (Lipinski definition) is 1. The van der Waals surface area contributed by atoms with Crippen LogP contribution in [0.4, 0.5) is 13.2 Å². The molecule has 0 bridgehead atoms. The van der Waals surface area contributed by atoms with Gasteiger partial charge in [-0.25, -0.2) is 0 Å². The number of amides is 1. The van der Waals surface area contributed by atoms with Crippen LogP contribution in [0.3, 0.4) is 0 Å². The number of carbonyl (C=O) groups is 1. The number of benzene rings is 4. The number of nitrogens with one attached hydrogen (secondary N) is 1. The van der Waals surface area contributed by atoms with Gasteiger partial charge >= 0.3 is 6.18 Å². The van der Waals surface area contributed by atoms with E-state index in [1.807, 2.05) is 18.2 Å². The second kappa shape index (κ2) is 10.9. The van der Waals surface area contributed by atoms with Crippen LogP contribution in [-0.4, -0.2) is 10.5 Å². The van der Waals surface area contributed by atoms with E-state index < -0.39 is 11.7 Å². The predicted molar refractivity (Wildman–Crippen MR) is 159 cm³/mol. The molecular weight excluding hydrogens is 521 g/mol. The van der Waals surface area contributed by atoms with E-state index in [0.29, 0.717) is 17.7 Å². The highest BCUT2D eigenvalue weighted by Crippen LogP contribution is 2.34. The van der Waals surface area contributed by atoms with Crippen LogP contribution in [0.25, 0.3) is 22.0 Å². The van der Waals surface area contributed by atoms with Gasteiger partial charge in [-0.3, -0.25) is 4.79 Å². The van der Waals surface area contributed by atoms with E-state index in [1.54, 1.807) is 42.0 Å². The Morgan fingerprint density at radius 3 is 2.10 bits per heavy atom. The second-order valence-electron chi connectivity index (χ2n) is 11.6. The predicted octanol–water partition coefficient (Wildman–Crippen LogP) is 8.91. The lowest BCUT2D eigenvalue weighted by Gasteiger charge is -2.19. The molecule has 41 heavy (non-hydrogen) atoms. The summed E-state index contributed by atoms with van der Waals surface area (Å²) in [7, 11) is 0. The van der Waals surface area contributed by atoms with Crippen LogP contribution in [0.2, 0.25) is 0 Å². The van der Waals surface area contributed by atoms with Crippen molar-refractivity contribution >= 4 is 16.8 Å². The summed E-state index contributed by atoms with van der Waals surface area (Å²) in [5.74, 6) is -0.209. The Hall–Kier alpha value is -4.32. The molecule has 0 saturated heterocycles. The van der Waals surface area contributed by atoms with Crippen molar-refractivity contribution in [2.45, 2.75) is 52.4 Å². The number of halogens is 3. The lowest BCUT2D eigenvalue weighted by atomic mass is 9.86. The number of fused-ring (bicyclic) bond motifs is 1. The molecule has 4 aromatic carbocycles. The minimum absolute atomic E-state index is 0.0842. The van der Waals surface area contributed by atoms with E-state index in [2.05, 4.69) is 62.5 Å². The zero-order valence-electron chi connectivity index (χ0n) is 23.6. The van der Waals surface area contributed by atoms with Crippen LogP contribution in [0.15, 0.2) is 97.2 Å². The van der Waals surface area contributed by atoms with Crippen LogP contribution in [0.1, 0.15) is 58.9 Å². The summed E-state index contributed by atoms with van der Waals surface area (Å²) in [5.41, 5.74) is 6.05. The summed E-state index contributed by atoms with van der Waals surface area (Å²) in [4.78, 5) is 12.9. The summed E-state index contributed by atoms with van der Waals surface area (Å²) in [5, 5.41) is 3.76. The van der Waals surface area contributed by atoms with Gasteiger partial charge in [0.05, 0.1) is 5.56 Å². The molecule has 5 rings (SSSR count). The third kappa shape index (κ3) is 6.37. The van der Waals surface area contributed by atoms with Crippen molar-refractivity contribution in [2.24, 2.45) is 0 Å². The Morgan fingerprint density at radius 2 is 1.46 bits per heavy atom. The molecule has 0 radical (unpaired) electrons. The number of aromatic nitrogens is 1. The number of alkyl halides is 3. The topological polar surface area (TPSA) is 34.0 Å². The molecule has 1 heterocycles. The third-order valence-corrected chi connectivity index (χ3v) is 7.44. The molecule has 1 aromatic heterocycles. The first kappa shape index (κ1) is 28.2. The van der Waals surface area contributed by atoms with Gasteiger partial charge in [-0.15, -0.1) is 0 Å². The molecule has 0 aliphatic carbocycles. The van der Waals surface area contributed by atoms with Gasteiger partial charge in [-0.1, -0.05) is 87.0 Å². The maximum Gasteiger partial charge on any atom is 0.416 e. The van der Waals surface area contributed by atoms with Crippen molar-refractivity contribution in [2.75, 3.05) is 0 Å². The highest BCUT2D eigenvalue weighted by atomic mass is 19.4. The van der Waals surface area contributed by atoms with Crippen LogP contribution < -0.4 is 5.32 Å². The van der Waals surface area contributed by atoms with Gasteiger partial charge < -0.3 is 9.88 Å². The number of aryl methyl sites for hydroxylation is 1. The Morgan fingerprint density at radius 1 is 0.805 bits per heavy atom. The molecule has 0 spiro atoms. The van der Waals surface area contributed by atoms with Crippen LogP contribution in [0, 0.1) is 6.92 Å². The molecule has 0 saturated carbocycles. The number of carbonyl (C=O) groups excluding carboxylic acids is 1. The Balaban J connectivity index is 1.25. The fourth-order valence-corrected chi connectivity index (χ4v) is 5.02. The molecule has 5 aromatic rings. The maximum absolute atomic E-state index is 13.6. The first-order valence-electron chi connectivity index (χ1n) is 13.6. The molecule has 210 valence electrons. The van der Waals surface area contributed by atoms with Crippen molar-refractivity contribution in [3.05, 3.63) is 131 Å². The van der Waals surface area contributed by atoms with Crippen molar-refractivity contribution in [1.82, 2.24) is 9.88 Å². The minimum atomic E-state index is -4.42. The largest absolute Gasteiger partial charge is 0.416 e. The van der Waals surface area contributed by atoms with Gasteiger partial charge in [0.1, 0.15) is 0 Å². The van der Waals surface area contributed by atoms with E-state index in [-0.39, 0.29) is 23.4 Å². The summed E-state index contributed by atoms with van der Waals surface area (Å²) < 4.78 is 42.6. The van der Waals surface area contributed by atoms with Crippen molar-refractivity contribution in [3.63, 3.8) is 0 Å². The second-order valence-corrected chi connectivity index (χ2v) is 11.6. The molecule has 0 fully saturated rings. The molecule has 0 atom stereocenters. The van der Waals surface area contributed by atoms with Gasteiger partial charge in [-0.2, -0.15) is 13.2 Å². The molecule has 6 heteroatoms. The lowest BCUT2D eigenvalue weighted by Crippen LogP contribution is -2.22. The zero-order valence-corrected chi connectivity index (χ0v) is 23.6. The molecule has 1 N–H and O–H groups in total. The van der Waals surface area contributed by atoms with Crippen molar-refractivity contribution < 1.29 is 18.0 Å². The molecule has 3 nitrogen and oxygen atoms in total. The Labute approximate surface area is 238 Å². The van der Waals surface area contributed by atoms with Crippen molar-refractivity contribution in [3.8, 4) is 11.1 Å². The average Bonchev–Trinajstić information content (AvgIpc) is 3.34. The number of rotatable bonds is 6. The quantitative estimate of drug-likeness (QED) is 0.223. The summed E-state index contributed by atoms with van der Waals surface area (Å²) in [6.45, 7) is 8.71. The van der Waals surface area contributed by atoms with E-state index in [4.69, 9.17) is 0 Å². The monoisotopic (exact) mass is 554 g/mol. The summed E-state index contributed by atoms with van der Waals surface area (Å²) >= 11 is 0. The SMILES string of the molecule is Cc1ccc(Cn2ccc3cc(C(=O)NCc4ccc(-c5ccc(C(C)(C)C)cc5)cc4)ccc32)c(C(F)(F)F)c1. The van der Waals surface area contributed by atoms with Gasteiger partial charge in [-0.05, 0) is 70.5 Å². The Bertz CT molecular complexity index is 1690. The maximum atomic E-state index is 13.6. The molecule has 0 unspecified atom stereocenters. The van der Waals surface area contributed by atoms with E-state index in [1.165, 1.54) is 17.7 Å². The Kier molecular flexibility index (Phi) is 7.52. The number of nitrogens with zero attached hydrogens (tertiary/aromatic N) is 1. The fraction of sp³-hybridized carbons (Fsp3) is 0.229. The van der Waals surface area contributed by atoms with Gasteiger partial charge in [0.2, 0.25) is 0 Å². The summed E-state index contributed by atoms with van der Waals surface area (Å²) in [6.07, 6.45) is -2.67. The zero-order chi connectivity index (χ0) is 29.4. The first-order valence-corrected chi connectivity index (χ1v) is 13.6.